The summed E-state index contributed by atoms with van der Waals surface area (Å²) in [6, 6.07) is 36.5. The van der Waals surface area contributed by atoms with E-state index < -0.39 is 20.8 Å². The van der Waals surface area contributed by atoms with Crippen LogP contribution in [0.4, 0.5) is 0 Å². The number of halogens is 2. The van der Waals surface area contributed by atoms with E-state index in [9.17, 15) is 0 Å². The summed E-state index contributed by atoms with van der Waals surface area (Å²) in [5.41, 5.74) is 10.0. The van der Waals surface area contributed by atoms with Crippen LogP contribution in [0.1, 0.15) is 64.2 Å². The number of hydrogen-bond acceptors (Lipinski definition) is 0. The Morgan fingerprint density at radius 1 is 0.875 bits per heavy atom. The molecule has 40 heavy (non-hydrogen) atoms. The normalized spacial score (nSPS) is 11.6. The van der Waals surface area contributed by atoms with Crippen LogP contribution in [0.5, 0.6) is 0 Å². The Bertz CT molecular complexity index is 1530. The smallest absolute Gasteiger partial charge is 0.0920 e. The molecule has 202 valence electrons. The van der Waals surface area contributed by atoms with Gasteiger partial charge < -0.3 is 0 Å². The second-order valence-electron chi connectivity index (χ2n) is 11.4. The van der Waals surface area contributed by atoms with Crippen molar-refractivity contribution in [3.63, 3.8) is 0 Å². The van der Waals surface area contributed by atoms with Gasteiger partial charge in [0, 0.05) is 0 Å². The van der Waals surface area contributed by atoms with Gasteiger partial charge in [0.15, 0.2) is 0 Å². The number of hydrogen-bond donors (Lipinski definition) is 0. The van der Waals surface area contributed by atoms with Gasteiger partial charge in [-0.3, -0.25) is 0 Å². The zero-order chi connectivity index (χ0) is 28.9. The van der Waals surface area contributed by atoms with Crippen LogP contribution in [-0.4, -0.2) is 9.52 Å². The molecule has 0 unspecified atom stereocenters. The Morgan fingerprint density at radius 3 is 2.20 bits per heavy atom. The van der Waals surface area contributed by atoms with E-state index in [0.717, 1.165) is 15.9 Å². The molecule has 0 nitrogen and oxygen atoms in total. The summed E-state index contributed by atoms with van der Waals surface area (Å²) in [4.78, 5) is 0. The van der Waals surface area contributed by atoms with Gasteiger partial charge in [0.25, 0.3) is 0 Å². The van der Waals surface area contributed by atoms with Crippen molar-refractivity contribution in [3.05, 3.63) is 114 Å². The van der Waals surface area contributed by atoms with Gasteiger partial charge in [-0.2, -0.15) is 35.5 Å². The van der Waals surface area contributed by atoms with Crippen LogP contribution in [0.2, 0.25) is 0 Å². The number of aryl methyl sites for hydroxylation is 1. The summed E-state index contributed by atoms with van der Waals surface area (Å²) in [6.45, 7) is 13.8. The van der Waals surface area contributed by atoms with Crippen LogP contribution in [0.25, 0.3) is 33.0 Å². The molecule has 0 fully saturated rings. The second-order valence-corrected chi connectivity index (χ2v) is 16.4. The topological polar surface area (TPSA) is 0 Å². The first-order valence-electron chi connectivity index (χ1n) is 13.8. The molecule has 2 radical (unpaired) electrons. The second kappa shape index (κ2) is 13.9. The third kappa shape index (κ3) is 6.96. The summed E-state index contributed by atoms with van der Waals surface area (Å²) in [7, 11) is 10.7. The molecule has 1 heterocycles. The maximum absolute atomic E-state index is 4.93. The number of rotatable bonds is 3. The summed E-state index contributed by atoms with van der Waals surface area (Å²) in [5, 5.41) is 5.60. The third-order valence-electron chi connectivity index (χ3n) is 7.35. The summed E-state index contributed by atoms with van der Waals surface area (Å²) in [5.74, 6) is 0.518. The minimum Gasteiger partial charge on any atom is -0.184 e. The summed E-state index contributed by atoms with van der Waals surface area (Å²) >= 11 is -0.826. The van der Waals surface area contributed by atoms with Crippen molar-refractivity contribution in [2.24, 2.45) is 0 Å². The fourth-order valence-corrected chi connectivity index (χ4v) is 6.73. The molecule has 5 aromatic rings. The molecule has 0 saturated heterocycles. The third-order valence-corrected chi connectivity index (χ3v) is 8.72. The van der Waals surface area contributed by atoms with Crippen molar-refractivity contribution < 1.29 is 20.8 Å². The van der Waals surface area contributed by atoms with Crippen molar-refractivity contribution in [2.45, 2.75) is 59.3 Å². The number of fused-ring (bicyclic) bond motifs is 4. The molecule has 1 aliphatic rings. The fraction of sp³-hybridized carbons (Fsp3) is 0.250. The molecule has 0 aliphatic carbocycles. The van der Waals surface area contributed by atoms with Gasteiger partial charge in [-0.15, -0.1) is 40.1 Å². The standard InChI is InChI=1S/C24H29.C12H7Si.2ClH.Zr/c1-7-17-14-18-12-13-22(24(4,5)6)23(21(18)15-17)20-11-9-8-10-19(20)16(2)3;1-3-7-11-9(5-1)10-6-2-4-8-12(10)13-11;;;/h8-16H,7H2,1-6H3;1-7H;2*1H;/q2*-1;;;+4/p-2. The van der Waals surface area contributed by atoms with Crippen LogP contribution in [0, 0.1) is 6.07 Å². The Balaban J connectivity index is 0.000000192. The Hall–Kier alpha value is -1.83. The Morgan fingerprint density at radius 2 is 1.52 bits per heavy atom. The van der Waals surface area contributed by atoms with Crippen molar-refractivity contribution in [2.75, 3.05) is 0 Å². The molecule has 0 amide bonds. The van der Waals surface area contributed by atoms with Crippen LogP contribution >= 0.6 is 17.0 Å². The molecular weight excluding hydrogens is 623 g/mol. The summed E-state index contributed by atoms with van der Waals surface area (Å²) < 4.78 is 0. The van der Waals surface area contributed by atoms with E-state index in [1.54, 1.807) is 0 Å². The molecule has 0 spiro atoms. The van der Waals surface area contributed by atoms with Gasteiger partial charge in [0.1, 0.15) is 0 Å². The van der Waals surface area contributed by atoms with Crippen LogP contribution < -0.4 is 10.4 Å². The van der Waals surface area contributed by atoms with Crippen molar-refractivity contribution in [3.8, 4) is 22.3 Å². The summed E-state index contributed by atoms with van der Waals surface area (Å²) in [6.07, 6.45) is 1.09. The van der Waals surface area contributed by atoms with Crippen molar-refractivity contribution in [1.82, 2.24) is 0 Å². The molecular formula is C36H36Cl2SiZr. The monoisotopic (exact) mass is 656 g/mol. The van der Waals surface area contributed by atoms with Crippen LogP contribution in [0.15, 0.2) is 91.0 Å². The molecule has 0 saturated carbocycles. The van der Waals surface area contributed by atoms with Gasteiger partial charge in [-0.05, 0) is 28.9 Å². The van der Waals surface area contributed by atoms with Gasteiger partial charge in [0.2, 0.25) is 0 Å². The van der Waals surface area contributed by atoms with Crippen LogP contribution in [-0.2, 0) is 32.7 Å². The fourth-order valence-electron chi connectivity index (χ4n) is 5.42. The predicted molar refractivity (Wildman–Crippen MR) is 175 cm³/mol. The minimum absolute atomic E-state index is 0.122. The number of benzene rings is 4. The molecule has 0 bridgehead atoms. The Labute approximate surface area is 262 Å². The van der Waals surface area contributed by atoms with Gasteiger partial charge >= 0.3 is 37.9 Å². The average molecular weight is 659 g/mol. The maximum Gasteiger partial charge on any atom is 0.0920 e. The molecule has 0 N–H and O–H groups in total. The quantitative estimate of drug-likeness (QED) is 0.131. The van der Waals surface area contributed by atoms with E-state index in [1.807, 2.05) is 6.07 Å². The molecule has 5 aromatic carbocycles. The van der Waals surface area contributed by atoms with E-state index in [1.165, 1.54) is 60.1 Å². The minimum atomic E-state index is -0.826. The molecule has 6 rings (SSSR count). The van der Waals surface area contributed by atoms with E-state index >= 15 is 0 Å². The Kier molecular flexibility index (Phi) is 10.8. The van der Waals surface area contributed by atoms with Crippen LogP contribution in [0.3, 0.4) is 0 Å². The molecule has 1 aliphatic heterocycles. The van der Waals surface area contributed by atoms with E-state index in [4.69, 9.17) is 17.0 Å². The van der Waals surface area contributed by atoms with Crippen molar-refractivity contribution in [1.29, 1.82) is 0 Å². The van der Waals surface area contributed by atoms with Crippen molar-refractivity contribution >= 4 is 47.7 Å². The largest absolute Gasteiger partial charge is 0.184 e. The SMILES string of the molecule is CCc1cc2c(-c3ccccc3C(C)C)c(C(C)(C)C)ccc2[cH-]1.[Cl][Zr+2][Cl].[c-]1cccc2c1[Si]c1ccccc1-2. The van der Waals surface area contributed by atoms with Gasteiger partial charge in [-0.25, -0.2) is 0 Å². The van der Waals surface area contributed by atoms with E-state index in [0.29, 0.717) is 5.92 Å². The maximum atomic E-state index is 4.93. The molecule has 0 aromatic heterocycles. The zero-order valence-electron chi connectivity index (χ0n) is 24.2. The van der Waals surface area contributed by atoms with Gasteiger partial charge in [-0.1, -0.05) is 112 Å². The van der Waals surface area contributed by atoms with Gasteiger partial charge in [0.05, 0.1) is 9.52 Å². The predicted octanol–water partition coefficient (Wildman–Crippen LogP) is 9.71. The first-order chi connectivity index (χ1) is 19.2. The first-order valence-corrected chi connectivity index (χ1v) is 21.2. The molecule has 4 heteroatoms. The van der Waals surface area contributed by atoms with E-state index in [2.05, 4.69) is 133 Å². The average Bonchev–Trinajstić information content (AvgIpc) is 3.54. The first kappa shape index (κ1) is 31.1. The molecule has 0 atom stereocenters. The van der Waals surface area contributed by atoms with E-state index in [-0.39, 0.29) is 5.41 Å². The zero-order valence-corrected chi connectivity index (χ0v) is 29.2.